The minimum absolute atomic E-state index is 0.0774. The van der Waals surface area contributed by atoms with E-state index < -0.39 is 0 Å². The third kappa shape index (κ3) is 2.95. The van der Waals surface area contributed by atoms with E-state index in [0.29, 0.717) is 5.15 Å². The van der Waals surface area contributed by atoms with Crippen LogP contribution in [0, 0.1) is 0 Å². The maximum Gasteiger partial charge on any atom is 0.156 e. The fourth-order valence-electron chi connectivity index (χ4n) is 1.05. The Morgan fingerprint density at radius 2 is 2.07 bits per heavy atom. The Kier molecular flexibility index (Phi) is 3.64. The maximum absolute atomic E-state index is 8.89. The monoisotopic (exact) mass is 257 g/mol. The Labute approximate surface area is 101 Å². The van der Waals surface area contributed by atoms with E-state index in [2.05, 4.69) is 4.98 Å². The van der Waals surface area contributed by atoms with Gasteiger partial charge in [-0.05, 0) is 17.7 Å². The number of nitrogens with zero attached hydrogens (tertiary/aromatic N) is 1. The summed E-state index contributed by atoms with van der Waals surface area (Å²) in [5.41, 5.74) is 0.913. The molecule has 0 spiro atoms. The first-order chi connectivity index (χ1) is 7.28. The van der Waals surface area contributed by atoms with Gasteiger partial charge in [0.15, 0.2) is 4.34 Å². The summed E-state index contributed by atoms with van der Waals surface area (Å²) in [5, 5.41) is 11.2. The molecule has 0 unspecified atom stereocenters. The molecule has 2 rings (SSSR count). The minimum atomic E-state index is 0.0774. The number of benzene rings is 1. The van der Waals surface area contributed by atoms with Crippen molar-refractivity contribution >= 4 is 34.7 Å². The van der Waals surface area contributed by atoms with Crippen LogP contribution in [-0.4, -0.2) is 10.1 Å². The number of halogens is 1. The van der Waals surface area contributed by atoms with Crippen LogP contribution in [0.25, 0.3) is 0 Å². The summed E-state index contributed by atoms with van der Waals surface area (Å²) in [5.74, 6) is 0. The van der Waals surface area contributed by atoms with Crippen molar-refractivity contribution in [3.8, 4) is 0 Å². The Balaban J connectivity index is 2.11. The maximum atomic E-state index is 8.89. The van der Waals surface area contributed by atoms with E-state index in [1.165, 1.54) is 11.3 Å². The third-order valence-electron chi connectivity index (χ3n) is 1.77. The number of aliphatic hydroxyl groups is 1. The molecular formula is C10H8ClNOS2. The summed E-state index contributed by atoms with van der Waals surface area (Å²) in [6.45, 7) is 0.0774. The summed E-state index contributed by atoms with van der Waals surface area (Å²) < 4.78 is 0.928. The lowest BCUT2D eigenvalue weighted by Gasteiger charge is -1.99. The van der Waals surface area contributed by atoms with Crippen molar-refractivity contribution in [3.63, 3.8) is 0 Å². The van der Waals surface area contributed by atoms with Crippen LogP contribution < -0.4 is 0 Å². The zero-order valence-electron chi connectivity index (χ0n) is 7.68. The van der Waals surface area contributed by atoms with Crippen LogP contribution in [0.3, 0.4) is 0 Å². The molecule has 0 bridgehead atoms. The second kappa shape index (κ2) is 4.99. The molecule has 0 atom stereocenters. The number of aromatic nitrogens is 1. The van der Waals surface area contributed by atoms with Crippen molar-refractivity contribution in [2.24, 2.45) is 0 Å². The Morgan fingerprint density at radius 1 is 1.33 bits per heavy atom. The van der Waals surface area contributed by atoms with Gasteiger partial charge in [0.05, 0.1) is 6.61 Å². The second-order valence-electron chi connectivity index (χ2n) is 2.84. The van der Waals surface area contributed by atoms with E-state index in [-0.39, 0.29) is 6.61 Å². The van der Waals surface area contributed by atoms with Gasteiger partial charge in [-0.15, -0.1) is 11.3 Å². The Hall–Kier alpha value is -0.550. The van der Waals surface area contributed by atoms with Crippen LogP contribution in [0.2, 0.25) is 5.15 Å². The standard InChI is InChI=1S/C10H8ClNOS2/c11-9-6-14-10(12-9)15-8-3-1-7(5-13)2-4-8/h1-4,6,13H,5H2. The highest BCUT2D eigenvalue weighted by atomic mass is 35.5. The molecule has 2 aromatic rings. The van der Waals surface area contributed by atoms with E-state index in [9.17, 15) is 0 Å². The highest BCUT2D eigenvalue weighted by Crippen LogP contribution is 2.31. The van der Waals surface area contributed by atoms with E-state index in [0.717, 1.165) is 14.8 Å². The molecule has 0 saturated carbocycles. The molecule has 0 aliphatic heterocycles. The van der Waals surface area contributed by atoms with Crippen molar-refractivity contribution < 1.29 is 5.11 Å². The number of hydrogen-bond donors (Lipinski definition) is 1. The molecule has 1 aromatic heterocycles. The first-order valence-corrected chi connectivity index (χ1v) is 6.34. The summed E-state index contributed by atoms with van der Waals surface area (Å²) in [7, 11) is 0. The molecule has 78 valence electrons. The van der Waals surface area contributed by atoms with Crippen LogP contribution in [0.5, 0.6) is 0 Å². The predicted octanol–water partition coefficient (Wildman–Crippen LogP) is 3.44. The van der Waals surface area contributed by atoms with Crippen LogP contribution in [0.1, 0.15) is 5.56 Å². The van der Waals surface area contributed by atoms with Gasteiger partial charge in [0.2, 0.25) is 0 Å². The Bertz CT molecular complexity index is 441. The van der Waals surface area contributed by atoms with Crippen molar-refractivity contribution in [2.75, 3.05) is 0 Å². The fraction of sp³-hybridized carbons (Fsp3) is 0.100. The molecule has 2 nitrogen and oxygen atoms in total. The van der Waals surface area contributed by atoms with Gasteiger partial charge >= 0.3 is 0 Å². The predicted molar refractivity (Wildman–Crippen MR) is 63.6 cm³/mol. The van der Waals surface area contributed by atoms with Gasteiger partial charge in [0, 0.05) is 10.3 Å². The van der Waals surface area contributed by atoms with E-state index in [1.54, 1.807) is 11.8 Å². The van der Waals surface area contributed by atoms with Crippen LogP contribution in [0.15, 0.2) is 38.9 Å². The van der Waals surface area contributed by atoms with Gasteiger partial charge < -0.3 is 5.11 Å². The SMILES string of the molecule is OCc1ccc(Sc2nc(Cl)cs2)cc1. The second-order valence-corrected chi connectivity index (χ2v) is 5.41. The van der Waals surface area contributed by atoms with Crippen LogP contribution >= 0.6 is 34.7 Å². The van der Waals surface area contributed by atoms with Crippen molar-refractivity contribution in [1.82, 2.24) is 4.98 Å². The molecule has 1 aromatic carbocycles. The first-order valence-electron chi connectivity index (χ1n) is 4.26. The topological polar surface area (TPSA) is 33.1 Å². The zero-order chi connectivity index (χ0) is 10.7. The molecular weight excluding hydrogens is 250 g/mol. The lowest BCUT2D eigenvalue weighted by molar-refractivity contribution is 0.282. The average Bonchev–Trinajstić information content (AvgIpc) is 2.65. The van der Waals surface area contributed by atoms with E-state index in [1.807, 2.05) is 29.6 Å². The van der Waals surface area contributed by atoms with Crippen molar-refractivity contribution in [3.05, 3.63) is 40.4 Å². The van der Waals surface area contributed by atoms with Crippen molar-refractivity contribution in [2.45, 2.75) is 15.8 Å². The normalized spacial score (nSPS) is 10.5. The zero-order valence-corrected chi connectivity index (χ0v) is 10.1. The highest BCUT2D eigenvalue weighted by molar-refractivity contribution is 8.01. The van der Waals surface area contributed by atoms with Crippen LogP contribution in [0.4, 0.5) is 0 Å². The molecule has 0 saturated heterocycles. The molecule has 1 N–H and O–H groups in total. The third-order valence-corrected chi connectivity index (χ3v) is 4.04. The summed E-state index contributed by atoms with van der Waals surface area (Å²) >= 11 is 8.82. The Morgan fingerprint density at radius 3 is 2.60 bits per heavy atom. The number of aliphatic hydroxyl groups excluding tert-OH is 1. The number of thiazole rings is 1. The molecule has 5 heteroatoms. The molecule has 0 fully saturated rings. The quantitative estimate of drug-likeness (QED) is 0.914. The molecule has 0 aliphatic carbocycles. The lowest BCUT2D eigenvalue weighted by Crippen LogP contribution is -1.81. The summed E-state index contributed by atoms with van der Waals surface area (Å²) in [6.07, 6.45) is 0. The minimum Gasteiger partial charge on any atom is -0.392 e. The summed E-state index contributed by atoms with van der Waals surface area (Å²) in [4.78, 5) is 5.24. The fourth-order valence-corrected chi connectivity index (χ4v) is 3.01. The lowest BCUT2D eigenvalue weighted by atomic mass is 10.2. The smallest absolute Gasteiger partial charge is 0.156 e. The van der Waals surface area contributed by atoms with Gasteiger partial charge in [-0.2, -0.15) is 0 Å². The highest BCUT2D eigenvalue weighted by Gasteiger charge is 2.02. The van der Waals surface area contributed by atoms with Gasteiger partial charge in [0.1, 0.15) is 5.15 Å². The van der Waals surface area contributed by atoms with Gasteiger partial charge in [-0.1, -0.05) is 35.5 Å². The largest absolute Gasteiger partial charge is 0.392 e. The van der Waals surface area contributed by atoms with E-state index in [4.69, 9.17) is 16.7 Å². The van der Waals surface area contributed by atoms with Gasteiger partial charge in [-0.3, -0.25) is 0 Å². The average molecular weight is 258 g/mol. The van der Waals surface area contributed by atoms with Crippen LogP contribution in [-0.2, 0) is 6.61 Å². The van der Waals surface area contributed by atoms with Gasteiger partial charge in [-0.25, -0.2) is 4.98 Å². The first kappa shape index (κ1) is 11.0. The summed E-state index contributed by atoms with van der Waals surface area (Å²) in [6, 6.07) is 7.73. The molecule has 0 radical (unpaired) electrons. The number of rotatable bonds is 3. The van der Waals surface area contributed by atoms with Gasteiger partial charge in [0.25, 0.3) is 0 Å². The molecule has 1 heterocycles. The molecule has 15 heavy (non-hydrogen) atoms. The number of hydrogen-bond acceptors (Lipinski definition) is 4. The van der Waals surface area contributed by atoms with Crippen molar-refractivity contribution in [1.29, 1.82) is 0 Å². The van der Waals surface area contributed by atoms with E-state index >= 15 is 0 Å². The molecule has 0 amide bonds. The molecule has 0 aliphatic rings.